The van der Waals surface area contributed by atoms with E-state index in [1.807, 2.05) is 38.2 Å². The van der Waals surface area contributed by atoms with Crippen LogP contribution in [0.2, 0.25) is 10.0 Å². The van der Waals surface area contributed by atoms with Crippen molar-refractivity contribution in [2.75, 3.05) is 20.4 Å². The van der Waals surface area contributed by atoms with Crippen molar-refractivity contribution < 1.29 is 19.2 Å². The SMILES string of the molecule is C[C@H](NC(=O)C[NH+](C)Cc1ccc2c(c1)OCO2)c1ccc(Cl)cc1Cl. The summed E-state index contributed by atoms with van der Waals surface area (Å²) < 4.78 is 10.7. The third kappa shape index (κ3) is 4.61. The molecule has 1 amide bonds. The minimum atomic E-state index is -0.189. The molecule has 1 heterocycles. The highest BCUT2D eigenvalue weighted by Gasteiger charge is 2.18. The summed E-state index contributed by atoms with van der Waals surface area (Å²) in [6.07, 6.45) is 0. The lowest BCUT2D eigenvalue weighted by molar-refractivity contribution is -0.885. The highest BCUT2D eigenvalue weighted by Crippen LogP contribution is 2.32. The molecule has 1 aliphatic heterocycles. The topological polar surface area (TPSA) is 52.0 Å². The van der Waals surface area contributed by atoms with Crippen LogP contribution < -0.4 is 19.7 Å². The first-order valence-electron chi connectivity index (χ1n) is 8.36. The minimum absolute atomic E-state index is 0.0400. The Morgan fingerprint density at radius 2 is 1.96 bits per heavy atom. The van der Waals surface area contributed by atoms with E-state index in [2.05, 4.69) is 5.32 Å². The molecule has 5 nitrogen and oxygen atoms in total. The van der Waals surface area contributed by atoms with Crippen molar-refractivity contribution in [1.29, 1.82) is 0 Å². The zero-order valence-corrected chi connectivity index (χ0v) is 16.2. The number of rotatable bonds is 6. The van der Waals surface area contributed by atoms with Crippen LogP contribution in [0.25, 0.3) is 0 Å². The van der Waals surface area contributed by atoms with Gasteiger partial charge in [-0.3, -0.25) is 4.79 Å². The first-order valence-corrected chi connectivity index (χ1v) is 9.12. The summed E-state index contributed by atoms with van der Waals surface area (Å²) in [6.45, 7) is 3.22. The predicted octanol–water partition coefficient (Wildman–Crippen LogP) is 2.61. The van der Waals surface area contributed by atoms with E-state index < -0.39 is 0 Å². The number of benzene rings is 2. The van der Waals surface area contributed by atoms with Crippen molar-refractivity contribution in [3.8, 4) is 11.5 Å². The zero-order valence-electron chi connectivity index (χ0n) is 14.6. The van der Waals surface area contributed by atoms with E-state index in [0.29, 0.717) is 23.1 Å². The van der Waals surface area contributed by atoms with Crippen LogP contribution in [0.3, 0.4) is 0 Å². The Labute approximate surface area is 162 Å². The van der Waals surface area contributed by atoms with Crippen molar-refractivity contribution in [1.82, 2.24) is 5.32 Å². The fourth-order valence-electron chi connectivity index (χ4n) is 2.96. The molecule has 26 heavy (non-hydrogen) atoms. The molecule has 2 atom stereocenters. The smallest absolute Gasteiger partial charge is 0.275 e. The van der Waals surface area contributed by atoms with E-state index in [1.165, 1.54) is 0 Å². The first kappa shape index (κ1) is 18.8. The Morgan fingerprint density at radius 1 is 1.19 bits per heavy atom. The molecule has 0 saturated carbocycles. The molecular weight excluding hydrogens is 375 g/mol. The number of quaternary nitrogens is 1. The Kier molecular flexibility index (Phi) is 5.91. The summed E-state index contributed by atoms with van der Waals surface area (Å²) in [5.74, 6) is 1.48. The maximum Gasteiger partial charge on any atom is 0.275 e. The minimum Gasteiger partial charge on any atom is -0.454 e. The van der Waals surface area contributed by atoms with Crippen molar-refractivity contribution >= 4 is 29.1 Å². The van der Waals surface area contributed by atoms with Crippen LogP contribution in [-0.2, 0) is 11.3 Å². The number of carbonyl (C=O) groups excluding carboxylic acids is 1. The molecule has 0 spiro atoms. The Morgan fingerprint density at radius 3 is 2.73 bits per heavy atom. The van der Waals surface area contributed by atoms with Gasteiger partial charge in [-0.25, -0.2) is 0 Å². The van der Waals surface area contributed by atoms with Gasteiger partial charge in [0.2, 0.25) is 6.79 Å². The van der Waals surface area contributed by atoms with E-state index in [-0.39, 0.29) is 18.7 Å². The Hall–Kier alpha value is -1.95. The van der Waals surface area contributed by atoms with Crippen LogP contribution in [0.4, 0.5) is 0 Å². The van der Waals surface area contributed by atoms with Crippen LogP contribution in [0.1, 0.15) is 24.1 Å². The maximum atomic E-state index is 12.3. The van der Waals surface area contributed by atoms with Gasteiger partial charge in [-0.2, -0.15) is 0 Å². The average molecular weight is 396 g/mol. The molecule has 2 aromatic rings. The molecule has 2 N–H and O–H groups in total. The van der Waals surface area contributed by atoms with Gasteiger partial charge in [0.25, 0.3) is 5.91 Å². The van der Waals surface area contributed by atoms with Crippen LogP contribution in [0.15, 0.2) is 36.4 Å². The number of fused-ring (bicyclic) bond motifs is 1. The van der Waals surface area contributed by atoms with Crippen molar-refractivity contribution in [3.05, 3.63) is 57.6 Å². The molecule has 0 radical (unpaired) electrons. The number of ether oxygens (including phenoxy) is 2. The van der Waals surface area contributed by atoms with Gasteiger partial charge in [0, 0.05) is 15.6 Å². The number of nitrogens with one attached hydrogen (secondary N) is 2. The van der Waals surface area contributed by atoms with Crippen LogP contribution in [0, 0.1) is 0 Å². The lowest BCUT2D eigenvalue weighted by atomic mass is 10.1. The van der Waals surface area contributed by atoms with E-state index in [4.69, 9.17) is 32.7 Å². The van der Waals surface area contributed by atoms with Gasteiger partial charge >= 0.3 is 0 Å². The summed E-state index contributed by atoms with van der Waals surface area (Å²) in [4.78, 5) is 13.4. The summed E-state index contributed by atoms with van der Waals surface area (Å²) in [6, 6.07) is 10.9. The molecule has 0 fully saturated rings. The number of carbonyl (C=O) groups is 1. The standard InChI is InChI=1S/C19H20Cl2N2O3/c1-12(15-5-4-14(20)8-16(15)21)22-19(24)10-23(2)9-13-3-6-17-18(7-13)26-11-25-17/h3-8,12H,9-11H2,1-2H3,(H,22,24)/p+1/t12-/m0/s1. The molecule has 1 unspecified atom stereocenters. The van der Waals surface area contributed by atoms with Crippen molar-refractivity contribution in [3.63, 3.8) is 0 Å². The van der Waals surface area contributed by atoms with Gasteiger partial charge in [0.05, 0.1) is 13.1 Å². The van der Waals surface area contributed by atoms with E-state index >= 15 is 0 Å². The average Bonchev–Trinajstić information content (AvgIpc) is 3.01. The summed E-state index contributed by atoms with van der Waals surface area (Å²) in [5, 5.41) is 4.10. The van der Waals surface area contributed by atoms with Crippen LogP contribution in [0.5, 0.6) is 11.5 Å². The van der Waals surface area contributed by atoms with Crippen molar-refractivity contribution in [2.24, 2.45) is 0 Å². The maximum absolute atomic E-state index is 12.3. The van der Waals surface area contributed by atoms with E-state index in [1.54, 1.807) is 12.1 Å². The number of hydrogen-bond acceptors (Lipinski definition) is 3. The summed E-state index contributed by atoms with van der Waals surface area (Å²) in [7, 11) is 1.98. The lowest BCUT2D eigenvalue weighted by Gasteiger charge is -2.18. The van der Waals surface area contributed by atoms with Gasteiger partial charge in [-0.1, -0.05) is 29.3 Å². The first-order chi connectivity index (χ1) is 12.4. The second-order valence-electron chi connectivity index (χ2n) is 6.45. The second-order valence-corrected chi connectivity index (χ2v) is 7.30. The molecular formula is C19H21Cl2N2O3+. The van der Waals surface area contributed by atoms with E-state index in [0.717, 1.165) is 27.5 Å². The fraction of sp³-hybridized carbons (Fsp3) is 0.316. The molecule has 0 bridgehead atoms. The Balaban J connectivity index is 1.54. The number of likely N-dealkylation sites (N-methyl/N-ethyl adjacent to an activating group) is 1. The van der Waals surface area contributed by atoms with Gasteiger partial charge in [-0.05, 0) is 42.8 Å². The summed E-state index contributed by atoms with van der Waals surface area (Å²) >= 11 is 12.1. The Bertz CT molecular complexity index is 813. The lowest BCUT2D eigenvalue weighted by Crippen LogP contribution is -3.08. The molecule has 1 aliphatic rings. The van der Waals surface area contributed by atoms with Gasteiger partial charge in [0.15, 0.2) is 18.0 Å². The third-order valence-corrected chi connectivity index (χ3v) is 4.77. The van der Waals surface area contributed by atoms with Gasteiger partial charge < -0.3 is 19.7 Å². The van der Waals surface area contributed by atoms with Crippen molar-refractivity contribution in [2.45, 2.75) is 19.5 Å². The second kappa shape index (κ2) is 8.16. The molecule has 7 heteroatoms. The number of halogens is 2. The number of amides is 1. The molecule has 3 rings (SSSR count). The summed E-state index contributed by atoms with van der Waals surface area (Å²) in [5.41, 5.74) is 1.94. The third-order valence-electron chi connectivity index (χ3n) is 4.21. The fourth-order valence-corrected chi connectivity index (χ4v) is 3.53. The van der Waals surface area contributed by atoms with Gasteiger partial charge in [-0.15, -0.1) is 0 Å². The quantitative estimate of drug-likeness (QED) is 0.790. The largest absolute Gasteiger partial charge is 0.454 e. The predicted molar refractivity (Wildman–Crippen MR) is 101 cm³/mol. The number of hydrogen-bond donors (Lipinski definition) is 2. The molecule has 0 aliphatic carbocycles. The van der Waals surface area contributed by atoms with Gasteiger partial charge in [0.1, 0.15) is 6.54 Å². The normalized spacial score (nSPS) is 14.8. The molecule has 138 valence electrons. The highest BCUT2D eigenvalue weighted by molar-refractivity contribution is 6.35. The molecule has 2 aromatic carbocycles. The highest BCUT2D eigenvalue weighted by atomic mass is 35.5. The van der Waals surface area contributed by atoms with Crippen LogP contribution >= 0.6 is 23.2 Å². The molecule has 0 saturated heterocycles. The van der Waals surface area contributed by atoms with E-state index in [9.17, 15) is 4.79 Å². The zero-order chi connectivity index (χ0) is 18.7. The molecule has 0 aromatic heterocycles. The van der Waals surface area contributed by atoms with Crippen LogP contribution in [-0.4, -0.2) is 26.3 Å². The monoisotopic (exact) mass is 395 g/mol.